The van der Waals surface area contributed by atoms with Gasteiger partial charge in [0.05, 0.1) is 9.92 Å². The van der Waals surface area contributed by atoms with Gasteiger partial charge in [0.1, 0.15) is 0 Å². The highest BCUT2D eigenvalue weighted by atomic mass is 79.9. The van der Waals surface area contributed by atoms with E-state index < -0.39 is 10.0 Å². The lowest BCUT2D eigenvalue weighted by molar-refractivity contribution is 0.271. The van der Waals surface area contributed by atoms with E-state index in [-0.39, 0.29) is 10.9 Å². The van der Waals surface area contributed by atoms with Gasteiger partial charge in [-0.3, -0.25) is 0 Å². The molecule has 2 rings (SSSR count). The second kappa shape index (κ2) is 6.75. The summed E-state index contributed by atoms with van der Waals surface area (Å²) in [6.07, 6.45) is 1.70. The van der Waals surface area contributed by atoms with Crippen LogP contribution in [0.3, 0.4) is 0 Å². The summed E-state index contributed by atoms with van der Waals surface area (Å²) in [5.74, 6) is 0. The van der Waals surface area contributed by atoms with Crippen LogP contribution in [0.1, 0.15) is 19.8 Å². The Morgan fingerprint density at radius 3 is 2.60 bits per heavy atom. The van der Waals surface area contributed by atoms with Crippen LogP contribution in [0.15, 0.2) is 27.6 Å². The number of sulfonamides is 1. The quantitative estimate of drug-likeness (QED) is 0.872. The van der Waals surface area contributed by atoms with Gasteiger partial charge in [0.2, 0.25) is 10.0 Å². The molecule has 4 nitrogen and oxygen atoms in total. The van der Waals surface area contributed by atoms with E-state index in [1.807, 2.05) is 6.92 Å². The van der Waals surface area contributed by atoms with E-state index in [9.17, 15) is 8.42 Å². The molecule has 1 aromatic carbocycles. The van der Waals surface area contributed by atoms with E-state index in [4.69, 9.17) is 11.6 Å². The van der Waals surface area contributed by atoms with Gasteiger partial charge < -0.3 is 5.32 Å². The number of halogens is 2. The Balaban J connectivity index is 2.32. The summed E-state index contributed by atoms with van der Waals surface area (Å²) < 4.78 is 27.7. The molecule has 0 amide bonds. The average molecular weight is 382 g/mol. The minimum absolute atomic E-state index is 0.0701. The fourth-order valence-electron chi connectivity index (χ4n) is 2.49. The van der Waals surface area contributed by atoms with Crippen LogP contribution in [0, 0.1) is 0 Å². The predicted octanol–water partition coefficient (Wildman–Crippen LogP) is 2.87. The second-order valence-corrected chi connectivity index (χ2v) is 7.92. The number of benzene rings is 1. The van der Waals surface area contributed by atoms with Crippen LogP contribution >= 0.6 is 27.5 Å². The molecule has 0 radical (unpaired) electrons. The van der Waals surface area contributed by atoms with Crippen LogP contribution in [-0.2, 0) is 10.0 Å². The molecule has 0 atom stereocenters. The van der Waals surface area contributed by atoms with Crippen molar-refractivity contribution in [1.29, 1.82) is 0 Å². The molecular weight excluding hydrogens is 364 g/mol. The van der Waals surface area contributed by atoms with Gasteiger partial charge >= 0.3 is 0 Å². The SMILES string of the molecule is CCN(C1CCNCC1)S(=O)(=O)c1ccc(Cl)c(Br)c1. The summed E-state index contributed by atoms with van der Waals surface area (Å²) in [7, 11) is -3.47. The van der Waals surface area contributed by atoms with Gasteiger partial charge in [0.15, 0.2) is 0 Å². The number of piperidine rings is 1. The maximum Gasteiger partial charge on any atom is 0.243 e. The van der Waals surface area contributed by atoms with Gasteiger partial charge in [0.25, 0.3) is 0 Å². The Morgan fingerprint density at radius 2 is 2.05 bits per heavy atom. The first-order valence-electron chi connectivity index (χ1n) is 6.64. The van der Waals surface area contributed by atoms with Gasteiger partial charge in [0, 0.05) is 17.1 Å². The second-order valence-electron chi connectivity index (χ2n) is 4.77. The van der Waals surface area contributed by atoms with Crippen LogP contribution < -0.4 is 5.32 Å². The molecule has 0 bridgehead atoms. The molecule has 1 heterocycles. The monoisotopic (exact) mass is 380 g/mol. The topological polar surface area (TPSA) is 49.4 Å². The van der Waals surface area contributed by atoms with Gasteiger partial charge in [-0.2, -0.15) is 4.31 Å². The molecule has 0 aliphatic carbocycles. The van der Waals surface area contributed by atoms with Gasteiger partial charge in [-0.1, -0.05) is 18.5 Å². The summed E-state index contributed by atoms with van der Waals surface area (Å²) >= 11 is 9.21. The zero-order valence-corrected chi connectivity index (χ0v) is 14.4. The number of hydrogen-bond acceptors (Lipinski definition) is 3. The lowest BCUT2D eigenvalue weighted by Gasteiger charge is -2.33. The van der Waals surface area contributed by atoms with E-state index in [0.29, 0.717) is 16.0 Å². The highest BCUT2D eigenvalue weighted by Gasteiger charge is 2.31. The van der Waals surface area contributed by atoms with E-state index in [2.05, 4.69) is 21.2 Å². The molecular formula is C13H18BrClN2O2S. The van der Waals surface area contributed by atoms with Crippen LogP contribution in [0.25, 0.3) is 0 Å². The van der Waals surface area contributed by atoms with Crippen LogP contribution in [0.2, 0.25) is 5.02 Å². The summed E-state index contributed by atoms with van der Waals surface area (Å²) in [5.41, 5.74) is 0. The van der Waals surface area contributed by atoms with Crippen molar-refractivity contribution in [3.05, 3.63) is 27.7 Å². The number of nitrogens with one attached hydrogen (secondary N) is 1. The Kier molecular flexibility index (Phi) is 5.48. The van der Waals surface area contributed by atoms with Crippen molar-refractivity contribution in [2.75, 3.05) is 19.6 Å². The van der Waals surface area contributed by atoms with Gasteiger partial charge in [-0.15, -0.1) is 0 Å². The summed E-state index contributed by atoms with van der Waals surface area (Å²) in [5, 5.41) is 3.76. The molecule has 0 unspecified atom stereocenters. The first-order chi connectivity index (χ1) is 9.46. The largest absolute Gasteiger partial charge is 0.317 e. The van der Waals surface area contributed by atoms with Gasteiger partial charge in [-0.25, -0.2) is 8.42 Å². The fraction of sp³-hybridized carbons (Fsp3) is 0.538. The van der Waals surface area contributed by atoms with Crippen molar-refractivity contribution < 1.29 is 8.42 Å². The van der Waals surface area contributed by atoms with E-state index in [1.165, 1.54) is 0 Å². The van der Waals surface area contributed by atoms with Crippen LogP contribution in [0.5, 0.6) is 0 Å². The fourth-order valence-corrected chi connectivity index (χ4v) is 4.86. The predicted molar refractivity (Wildman–Crippen MR) is 84.6 cm³/mol. The third-order valence-electron chi connectivity index (χ3n) is 3.53. The first-order valence-corrected chi connectivity index (χ1v) is 9.25. The molecule has 0 aromatic heterocycles. The summed E-state index contributed by atoms with van der Waals surface area (Å²) in [6.45, 7) is 4.08. The van der Waals surface area contributed by atoms with Crippen molar-refractivity contribution >= 4 is 37.6 Å². The molecule has 1 N–H and O–H groups in total. The number of hydrogen-bond donors (Lipinski definition) is 1. The Morgan fingerprint density at radius 1 is 1.40 bits per heavy atom. The van der Waals surface area contributed by atoms with Crippen LogP contribution in [0.4, 0.5) is 0 Å². The lowest BCUT2D eigenvalue weighted by Crippen LogP contribution is -2.45. The van der Waals surface area contributed by atoms with E-state index in [0.717, 1.165) is 25.9 Å². The molecule has 7 heteroatoms. The molecule has 1 aromatic rings. The molecule has 1 fully saturated rings. The molecule has 1 aliphatic rings. The zero-order valence-electron chi connectivity index (χ0n) is 11.3. The van der Waals surface area contributed by atoms with Gasteiger partial charge in [-0.05, 0) is 60.1 Å². The third kappa shape index (κ3) is 3.36. The van der Waals surface area contributed by atoms with Crippen molar-refractivity contribution in [2.45, 2.75) is 30.7 Å². The van der Waals surface area contributed by atoms with E-state index in [1.54, 1.807) is 22.5 Å². The Hall–Kier alpha value is -0.140. The summed E-state index contributed by atoms with van der Waals surface area (Å²) in [6, 6.07) is 4.81. The van der Waals surface area contributed by atoms with Crippen molar-refractivity contribution in [2.24, 2.45) is 0 Å². The highest BCUT2D eigenvalue weighted by molar-refractivity contribution is 9.10. The average Bonchev–Trinajstić information content (AvgIpc) is 2.43. The Bertz CT molecular complexity index is 574. The molecule has 0 spiro atoms. The minimum atomic E-state index is -3.47. The molecule has 0 saturated carbocycles. The number of nitrogens with zero attached hydrogens (tertiary/aromatic N) is 1. The highest BCUT2D eigenvalue weighted by Crippen LogP contribution is 2.28. The normalized spacial score (nSPS) is 17.6. The van der Waals surface area contributed by atoms with Crippen molar-refractivity contribution in [3.63, 3.8) is 0 Å². The third-order valence-corrected chi connectivity index (χ3v) is 6.76. The lowest BCUT2D eigenvalue weighted by atomic mass is 10.1. The maximum absolute atomic E-state index is 12.8. The molecule has 1 aliphatic heterocycles. The zero-order chi connectivity index (χ0) is 14.8. The maximum atomic E-state index is 12.8. The number of rotatable bonds is 4. The first kappa shape index (κ1) is 16.2. The molecule has 112 valence electrons. The van der Waals surface area contributed by atoms with E-state index >= 15 is 0 Å². The van der Waals surface area contributed by atoms with Crippen LogP contribution in [-0.4, -0.2) is 38.4 Å². The van der Waals surface area contributed by atoms with Crippen molar-refractivity contribution in [1.82, 2.24) is 9.62 Å². The standard InChI is InChI=1S/C13H18BrClN2O2S/c1-2-17(10-5-7-16-8-6-10)20(18,19)11-3-4-13(15)12(14)9-11/h3-4,9-10,16H,2,5-8H2,1H3. The molecule has 1 saturated heterocycles. The van der Waals surface area contributed by atoms with Crippen molar-refractivity contribution in [3.8, 4) is 0 Å². The summed E-state index contributed by atoms with van der Waals surface area (Å²) in [4.78, 5) is 0.286. The Labute approximate surface area is 133 Å². The molecule has 20 heavy (non-hydrogen) atoms. The minimum Gasteiger partial charge on any atom is -0.317 e. The smallest absolute Gasteiger partial charge is 0.243 e.